The molecule has 1 aromatic heterocycles. The molecule has 9 heteroatoms. The third-order valence-electron chi connectivity index (χ3n) is 4.72. The van der Waals surface area contributed by atoms with Crippen molar-refractivity contribution in [1.82, 2.24) is 9.97 Å². The molecular weight excluding hydrogens is 422 g/mol. The minimum absolute atomic E-state index is 0.159. The van der Waals surface area contributed by atoms with E-state index in [0.29, 0.717) is 26.3 Å². The van der Waals surface area contributed by atoms with Crippen LogP contribution in [0.2, 0.25) is 0 Å². The van der Waals surface area contributed by atoms with E-state index in [1.165, 1.54) is 6.33 Å². The molecule has 1 heterocycles. The molecule has 0 unspecified atom stereocenters. The normalized spacial score (nSPS) is 10.5. The smallest absolute Gasteiger partial charge is 0.353 e. The summed E-state index contributed by atoms with van der Waals surface area (Å²) >= 11 is 0. The Morgan fingerprint density at radius 1 is 0.788 bits per heavy atom. The Balaban J connectivity index is 1.64. The highest BCUT2D eigenvalue weighted by molar-refractivity contribution is 5.69. The lowest BCUT2D eigenvalue weighted by Gasteiger charge is -2.11. The lowest BCUT2D eigenvalue weighted by Crippen LogP contribution is -2.10. The molecule has 33 heavy (non-hydrogen) atoms. The van der Waals surface area contributed by atoms with Gasteiger partial charge < -0.3 is 20.1 Å². The molecule has 3 aromatic rings. The molecule has 9 nitrogen and oxygen atoms in total. The predicted molar refractivity (Wildman–Crippen MR) is 128 cm³/mol. The van der Waals surface area contributed by atoms with Gasteiger partial charge in [-0.2, -0.15) is 0 Å². The number of rotatable bonds is 13. The Morgan fingerprint density at radius 2 is 1.21 bits per heavy atom. The summed E-state index contributed by atoms with van der Waals surface area (Å²) in [6.45, 7) is 6.19. The third-order valence-corrected chi connectivity index (χ3v) is 4.72. The molecule has 0 aliphatic heterocycles. The van der Waals surface area contributed by atoms with E-state index in [1.807, 2.05) is 48.5 Å². The Kier molecular flexibility index (Phi) is 8.81. The number of aromatic nitrogens is 2. The van der Waals surface area contributed by atoms with E-state index in [2.05, 4.69) is 34.4 Å². The molecule has 3 rings (SSSR count). The predicted octanol–water partition coefficient (Wildman–Crippen LogP) is 5.19. The van der Waals surface area contributed by atoms with Crippen molar-refractivity contribution in [3.8, 4) is 11.5 Å². The van der Waals surface area contributed by atoms with Crippen molar-refractivity contribution >= 4 is 17.3 Å². The van der Waals surface area contributed by atoms with Crippen LogP contribution in [-0.2, 0) is 13.1 Å². The zero-order chi connectivity index (χ0) is 23.5. The van der Waals surface area contributed by atoms with Crippen LogP contribution in [0.5, 0.6) is 11.5 Å². The Hall–Kier alpha value is -3.88. The Labute approximate surface area is 193 Å². The van der Waals surface area contributed by atoms with E-state index >= 15 is 0 Å². The highest BCUT2D eigenvalue weighted by Crippen LogP contribution is 2.29. The van der Waals surface area contributed by atoms with E-state index in [0.717, 1.165) is 35.5 Å². The summed E-state index contributed by atoms with van der Waals surface area (Å²) in [7, 11) is 0. The van der Waals surface area contributed by atoms with Crippen molar-refractivity contribution in [1.29, 1.82) is 0 Å². The quantitative estimate of drug-likeness (QED) is 0.270. The summed E-state index contributed by atoms with van der Waals surface area (Å²) in [6, 6.07) is 15.2. The minimum atomic E-state index is -0.478. The summed E-state index contributed by atoms with van der Waals surface area (Å²) in [5.74, 6) is 1.91. The van der Waals surface area contributed by atoms with Gasteiger partial charge in [-0.25, -0.2) is 9.97 Å². The maximum Gasteiger partial charge on any atom is 0.353 e. The minimum Gasteiger partial charge on any atom is -0.494 e. The van der Waals surface area contributed by atoms with Gasteiger partial charge in [0.2, 0.25) is 11.6 Å². The van der Waals surface area contributed by atoms with Crippen LogP contribution in [0.4, 0.5) is 17.3 Å². The van der Waals surface area contributed by atoms with Gasteiger partial charge in [-0.3, -0.25) is 10.1 Å². The van der Waals surface area contributed by atoms with E-state index in [-0.39, 0.29) is 17.3 Å². The molecule has 0 aliphatic carbocycles. The van der Waals surface area contributed by atoms with E-state index < -0.39 is 4.92 Å². The van der Waals surface area contributed by atoms with Gasteiger partial charge >= 0.3 is 5.69 Å². The first-order valence-electron chi connectivity index (χ1n) is 11.0. The fourth-order valence-corrected chi connectivity index (χ4v) is 3.03. The zero-order valence-electron chi connectivity index (χ0n) is 18.9. The largest absolute Gasteiger partial charge is 0.494 e. The zero-order valence-corrected chi connectivity index (χ0v) is 18.9. The third kappa shape index (κ3) is 7.06. The number of hydrogen-bond donors (Lipinski definition) is 2. The maximum atomic E-state index is 11.8. The van der Waals surface area contributed by atoms with Gasteiger partial charge in [0.15, 0.2) is 0 Å². The Bertz CT molecular complexity index is 952. The van der Waals surface area contributed by atoms with Crippen LogP contribution in [0.25, 0.3) is 0 Å². The van der Waals surface area contributed by atoms with Crippen molar-refractivity contribution in [2.45, 2.75) is 39.8 Å². The van der Waals surface area contributed by atoms with Gasteiger partial charge in [0.1, 0.15) is 17.8 Å². The van der Waals surface area contributed by atoms with Crippen molar-refractivity contribution in [2.75, 3.05) is 23.8 Å². The second kappa shape index (κ2) is 12.2. The standard InChI is InChI=1S/C24H29N5O4/c1-3-13-32-20-9-5-18(6-10-20)15-25-23-22(29(30)31)24(28-17-27-23)26-16-19-7-11-21(12-8-19)33-14-4-2/h5-12,17H,3-4,13-16H2,1-2H3,(H2,25,26,27,28). The summed E-state index contributed by atoms with van der Waals surface area (Å²) in [4.78, 5) is 19.5. The maximum absolute atomic E-state index is 11.8. The van der Waals surface area contributed by atoms with Crippen molar-refractivity contribution in [3.63, 3.8) is 0 Å². The average molecular weight is 452 g/mol. The first-order chi connectivity index (χ1) is 16.1. The van der Waals surface area contributed by atoms with Gasteiger partial charge in [0.05, 0.1) is 18.1 Å². The fourth-order valence-electron chi connectivity index (χ4n) is 3.03. The highest BCUT2D eigenvalue weighted by atomic mass is 16.6. The van der Waals surface area contributed by atoms with Crippen molar-refractivity contribution < 1.29 is 14.4 Å². The van der Waals surface area contributed by atoms with Crippen molar-refractivity contribution in [3.05, 3.63) is 76.1 Å². The number of nitro groups is 1. The van der Waals surface area contributed by atoms with Gasteiger partial charge in [0.25, 0.3) is 0 Å². The van der Waals surface area contributed by atoms with E-state index in [1.54, 1.807) is 0 Å². The Morgan fingerprint density at radius 3 is 1.58 bits per heavy atom. The van der Waals surface area contributed by atoms with Crippen LogP contribution in [0.15, 0.2) is 54.9 Å². The lowest BCUT2D eigenvalue weighted by atomic mass is 10.2. The second-order valence-corrected chi connectivity index (χ2v) is 7.37. The van der Waals surface area contributed by atoms with Crippen LogP contribution < -0.4 is 20.1 Å². The van der Waals surface area contributed by atoms with Crippen LogP contribution in [0.1, 0.15) is 37.8 Å². The average Bonchev–Trinajstić information content (AvgIpc) is 2.84. The summed E-state index contributed by atoms with van der Waals surface area (Å²) in [5, 5.41) is 17.9. The van der Waals surface area contributed by atoms with Gasteiger partial charge in [-0.15, -0.1) is 0 Å². The highest BCUT2D eigenvalue weighted by Gasteiger charge is 2.22. The van der Waals surface area contributed by atoms with Crippen LogP contribution in [-0.4, -0.2) is 28.1 Å². The van der Waals surface area contributed by atoms with Crippen molar-refractivity contribution in [2.24, 2.45) is 0 Å². The number of nitrogens with one attached hydrogen (secondary N) is 2. The number of benzene rings is 2. The van der Waals surface area contributed by atoms with Gasteiger partial charge in [-0.05, 0) is 48.2 Å². The monoisotopic (exact) mass is 451 g/mol. The molecule has 0 fully saturated rings. The molecule has 0 spiro atoms. The first-order valence-corrected chi connectivity index (χ1v) is 11.0. The van der Waals surface area contributed by atoms with Gasteiger partial charge in [0, 0.05) is 13.1 Å². The fraction of sp³-hybridized carbons (Fsp3) is 0.333. The van der Waals surface area contributed by atoms with Crippen LogP contribution in [0, 0.1) is 10.1 Å². The molecule has 0 saturated carbocycles. The lowest BCUT2D eigenvalue weighted by molar-refractivity contribution is -0.383. The molecule has 0 amide bonds. The molecule has 174 valence electrons. The first kappa shape index (κ1) is 23.8. The topological polar surface area (TPSA) is 111 Å². The number of hydrogen-bond acceptors (Lipinski definition) is 8. The van der Waals surface area contributed by atoms with E-state index in [9.17, 15) is 10.1 Å². The number of anilines is 2. The SMILES string of the molecule is CCCOc1ccc(CNc2ncnc(NCc3ccc(OCCC)cc3)c2[N+](=O)[O-])cc1. The molecule has 0 saturated heterocycles. The van der Waals surface area contributed by atoms with E-state index in [4.69, 9.17) is 9.47 Å². The molecule has 0 aliphatic rings. The molecule has 0 bridgehead atoms. The molecule has 0 atom stereocenters. The summed E-state index contributed by atoms with van der Waals surface area (Å²) < 4.78 is 11.2. The molecular formula is C24H29N5O4. The van der Waals surface area contributed by atoms with Crippen LogP contribution >= 0.6 is 0 Å². The number of nitrogens with zero attached hydrogens (tertiary/aromatic N) is 3. The molecule has 0 radical (unpaired) electrons. The number of ether oxygens (including phenoxy) is 2. The second-order valence-electron chi connectivity index (χ2n) is 7.37. The molecule has 2 aromatic carbocycles. The summed E-state index contributed by atoms with van der Waals surface area (Å²) in [5.41, 5.74) is 1.71. The van der Waals surface area contributed by atoms with Crippen LogP contribution in [0.3, 0.4) is 0 Å². The van der Waals surface area contributed by atoms with Gasteiger partial charge in [-0.1, -0.05) is 38.1 Å². The summed E-state index contributed by atoms with van der Waals surface area (Å²) in [6.07, 6.45) is 3.19. The molecule has 2 N–H and O–H groups in total.